The molecule has 0 saturated heterocycles. The van der Waals surface area contributed by atoms with Crippen molar-refractivity contribution in [2.75, 3.05) is 6.54 Å². The number of nitrogens with one attached hydrogen (secondary N) is 1. The molecule has 0 radical (unpaired) electrons. The second-order valence-electron chi connectivity index (χ2n) is 7.61. The molecule has 0 bridgehead atoms. The van der Waals surface area contributed by atoms with Gasteiger partial charge in [-0.2, -0.15) is 0 Å². The molecule has 1 rings (SSSR count). The van der Waals surface area contributed by atoms with Gasteiger partial charge in [-0.15, -0.1) is 0 Å². The average Bonchev–Trinajstić information content (AvgIpc) is 2.54. The Balaban J connectivity index is 2.43. The number of ether oxygens (including phenoxy) is 2. The van der Waals surface area contributed by atoms with E-state index < -0.39 is 11.7 Å². The van der Waals surface area contributed by atoms with Crippen molar-refractivity contribution in [3.8, 4) is 0 Å². The summed E-state index contributed by atoms with van der Waals surface area (Å²) in [5.74, 6) is 0.0513. The smallest absolute Gasteiger partial charge is 0.407 e. The molecule has 0 aliphatic carbocycles. The zero-order chi connectivity index (χ0) is 19.6. The molecule has 1 N–H and O–H groups in total. The lowest BCUT2D eigenvalue weighted by atomic mass is 10.0. The molecule has 5 heteroatoms. The maximum atomic E-state index is 12.3. The second kappa shape index (κ2) is 10.6. The average molecular weight is 361 g/mol. The van der Waals surface area contributed by atoms with Crippen LogP contribution in [0.25, 0.3) is 0 Å². The van der Waals surface area contributed by atoms with Gasteiger partial charge >= 0.3 is 12.1 Å². The van der Waals surface area contributed by atoms with Gasteiger partial charge in [0.15, 0.2) is 0 Å². The molecule has 0 saturated carbocycles. The molecule has 0 unspecified atom stereocenters. The molecule has 1 aromatic carbocycles. The molecule has 1 amide bonds. The first-order chi connectivity index (χ1) is 12.2. The number of hydrogen-bond acceptors (Lipinski definition) is 4. The van der Waals surface area contributed by atoms with Gasteiger partial charge < -0.3 is 14.8 Å². The number of alkyl carbamates (subject to hydrolysis) is 1. The van der Waals surface area contributed by atoms with E-state index in [9.17, 15) is 9.59 Å². The van der Waals surface area contributed by atoms with Crippen molar-refractivity contribution in [1.82, 2.24) is 5.32 Å². The highest BCUT2D eigenvalue weighted by Crippen LogP contribution is 2.17. The van der Waals surface area contributed by atoms with Gasteiger partial charge in [0.25, 0.3) is 0 Å². The van der Waals surface area contributed by atoms with Crippen LogP contribution in [0, 0.1) is 5.92 Å². The van der Waals surface area contributed by atoms with E-state index in [2.05, 4.69) is 19.2 Å². The lowest BCUT2D eigenvalue weighted by Crippen LogP contribution is -2.26. The zero-order valence-corrected chi connectivity index (χ0v) is 16.5. The van der Waals surface area contributed by atoms with E-state index >= 15 is 0 Å². The number of esters is 1. The highest BCUT2D eigenvalue weighted by Gasteiger charge is 2.20. The van der Waals surface area contributed by atoms with Crippen molar-refractivity contribution in [3.63, 3.8) is 0 Å². The predicted octanol–water partition coefficient (Wildman–Crippen LogP) is 4.62. The fourth-order valence-electron chi connectivity index (χ4n) is 2.23. The van der Waals surface area contributed by atoms with E-state index in [1.54, 1.807) is 0 Å². The minimum absolute atomic E-state index is 0.235. The van der Waals surface area contributed by atoms with Crippen LogP contribution in [0.5, 0.6) is 0 Å². The molecule has 0 aromatic heterocycles. The summed E-state index contributed by atoms with van der Waals surface area (Å²) in [6, 6.07) is 9.50. The van der Waals surface area contributed by atoms with Crippen molar-refractivity contribution in [3.05, 3.63) is 47.5 Å². The van der Waals surface area contributed by atoms with Crippen LogP contribution in [0.1, 0.15) is 53.0 Å². The molecule has 0 aliphatic rings. The van der Waals surface area contributed by atoms with E-state index in [4.69, 9.17) is 9.47 Å². The van der Waals surface area contributed by atoms with Gasteiger partial charge in [-0.05, 0) is 45.1 Å². The van der Waals surface area contributed by atoms with E-state index in [1.807, 2.05) is 57.2 Å². The second-order valence-corrected chi connectivity index (χ2v) is 7.61. The highest BCUT2D eigenvalue weighted by molar-refractivity contribution is 5.88. The van der Waals surface area contributed by atoms with Gasteiger partial charge in [0, 0.05) is 12.1 Å². The third-order valence-electron chi connectivity index (χ3n) is 3.31. The minimum atomic E-state index is -0.521. The third kappa shape index (κ3) is 9.87. The van der Waals surface area contributed by atoms with E-state index in [-0.39, 0.29) is 12.6 Å². The van der Waals surface area contributed by atoms with Crippen LogP contribution >= 0.6 is 0 Å². The Hall–Kier alpha value is -2.30. The Kier molecular flexibility index (Phi) is 8.90. The van der Waals surface area contributed by atoms with E-state index in [0.29, 0.717) is 30.9 Å². The van der Waals surface area contributed by atoms with Crippen LogP contribution in [-0.2, 0) is 20.9 Å². The first-order valence-corrected chi connectivity index (χ1v) is 9.04. The van der Waals surface area contributed by atoms with Gasteiger partial charge in [-0.25, -0.2) is 9.59 Å². The Morgan fingerprint density at radius 3 is 2.38 bits per heavy atom. The molecule has 0 aliphatic heterocycles. The topological polar surface area (TPSA) is 64.6 Å². The normalized spacial score (nSPS) is 12.0. The molecule has 144 valence electrons. The van der Waals surface area contributed by atoms with Crippen LogP contribution in [0.15, 0.2) is 42.0 Å². The van der Waals surface area contributed by atoms with Crippen molar-refractivity contribution in [2.45, 2.75) is 59.7 Å². The zero-order valence-electron chi connectivity index (χ0n) is 16.5. The van der Waals surface area contributed by atoms with Crippen LogP contribution in [0.2, 0.25) is 0 Å². The number of amides is 1. The molecular formula is C21H31NO4. The largest absolute Gasteiger partial charge is 0.457 e. The molecule has 1 aromatic rings. The van der Waals surface area contributed by atoms with E-state index in [0.717, 1.165) is 5.56 Å². The number of benzene rings is 1. The fourth-order valence-corrected chi connectivity index (χ4v) is 2.23. The summed E-state index contributed by atoms with van der Waals surface area (Å²) in [6.07, 6.45) is 2.56. The van der Waals surface area contributed by atoms with Crippen LogP contribution in [0.4, 0.5) is 4.79 Å². The summed E-state index contributed by atoms with van der Waals surface area (Å²) in [7, 11) is 0. The van der Waals surface area contributed by atoms with Crippen LogP contribution in [-0.4, -0.2) is 24.2 Å². The summed E-state index contributed by atoms with van der Waals surface area (Å²) < 4.78 is 10.6. The SMILES string of the molecule is CC(C)CC(=CCCNC(=O)OCc1ccccc1)C(=O)OC(C)(C)C. The Bertz CT molecular complexity index is 600. The molecule has 26 heavy (non-hydrogen) atoms. The first kappa shape index (κ1) is 21.7. The monoisotopic (exact) mass is 361 g/mol. The third-order valence-corrected chi connectivity index (χ3v) is 3.31. The van der Waals surface area contributed by atoms with Gasteiger partial charge in [-0.1, -0.05) is 50.3 Å². The Morgan fingerprint density at radius 1 is 1.15 bits per heavy atom. The van der Waals surface area contributed by atoms with Gasteiger partial charge in [-0.3, -0.25) is 0 Å². The first-order valence-electron chi connectivity index (χ1n) is 9.04. The summed E-state index contributed by atoms with van der Waals surface area (Å²) >= 11 is 0. The number of carbonyl (C=O) groups is 2. The van der Waals surface area contributed by atoms with E-state index in [1.165, 1.54) is 0 Å². The molecule has 0 fully saturated rings. The maximum Gasteiger partial charge on any atom is 0.407 e. The maximum absolute atomic E-state index is 12.3. The quantitative estimate of drug-likeness (QED) is 0.417. The lowest BCUT2D eigenvalue weighted by molar-refractivity contribution is -0.150. The highest BCUT2D eigenvalue weighted by atomic mass is 16.6. The summed E-state index contributed by atoms with van der Waals surface area (Å²) in [5.41, 5.74) is 1.06. The van der Waals surface area contributed by atoms with Crippen molar-refractivity contribution < 1.29 is 19.1 Å². The van der Waals surface area contributed by atoms with Gasteiger partial charge in [0.2, 0.25) is 0 Å². The fraction of sp³-hybridized carbons (Fsp3) is 0.524. The number of hydrogen-bond donors (Lipinski definition) is 1. The molecule has 0 heterocycles. The van der Waals surface area contributed by atoms with Crippen LogP contribution < -0.4 is 5.32 Å². The Morgan fingerprint density at radius 2 is 1.81 bits per heavy atom. The summed E-state index contributed by atoms with van der Waals surface area (Å²) in [6.45, 7) is 10.3. The minimum Gasteiger partial charge on any atom is -0.457 e. The van der Waals surface area contributed by atoms with Gasteiger partial charge in [0.05, 0.1) is 0 Å². The molecule has 5 nitrogen and oxygen atoms in total. The molecular weight excluding hydrogens is 330 g/mol. The van der Waals surface area contributed by atoms with Gasteiger partial charge in [0.1, 0.15) is 12.2 Å². The van der Waals surface area contributed by atoms with Crippen molar-refractivity contribution >= 4 is 12.1 Å². The summed E-state index contributed by atoms with van der Waals surface area (Å²) in [4.78, 5) is 24.0. The number of carbonyl (C=O) groups excluding carboxylic acids is 2. The Labute approximate surface area is 156 Å². The lowest BCUT2D eigenvalue weighted by Gasteiger charge is -2.21. The number of rotatable bonds is 8. The predicted molar refractivity (Wildman–Crippen MR) is 103 cm³/mol. The standard InChI is InChI=1S/C21H31NO4/c1-16(2)14-18(19(23)26-21(3,4)5)12-9-13-22-20(24)25-15-17-10-7-6-8-11-17/h6-8,10-12,16H,9,13-15H2,1-5H3,(H,22,24). The molecule has 0 atom stereocenters. The molecule has 0 spiro atoms. The van der Waals surface area contributed by atoms with Crippen molar-refractivity contribution in [2.24, 2.45) is 5.92 Å². The van der Waals surface area contributed by atoms with Crippen molar-refractivity contribution in [1.29, 1.82) is 0 Å². The summed E-state index contributed by atoms with van der Waals surface area (Å²) in [5, 5.41) is 2.69. The van der Waals surface area contributed by atoms with Crippen LogP contribution in [0.3, 0.4) is 0 Å².